The second-order valence-electron chi connectivity index (χ2n) is 5.22. The van der Waals surface area contributed by atoms with Crippen molar-refractivity contribution in [1.29, 1.82) is 0 Å². The van der Waals surface area contributed by atoms with Gasteiger partial charge in [-0.05, 0) is 24.7 Å². The molecule has 0 amide bonds. The van der Waals surface area contributed by atoms with Gasteiger partial charge in [0.25, 0.3) is 0 Å². The minimum atomic E-state index is -0.0642. The Labute approximate surface area is 109 Å². The number of hydrogen-bond donors (Lipinski definition) is 1. The molecule has 16 heavy (non-hydrogen) atoms. The number of aliphatic hydroxyl groups is 1. The molecule has 0 aromatic rings. The Hall–Kier alpha value is 0.440. The van der Waals surface area contributed by atoms with Crippen molar-refractivity contribution in [2.45, 2.75) is 70.8 Å². The molecule has 2 heteroatoms. The lowest BCUT2D eigenvalue weighted by molar-refractivity contribution is 0.0566. The van der Waals surface area contributed by atoms with Crippen molar-refractivity contribution in [1.82, 2.24) is 0 Å². The van der Waals surface area contributed by atoms with Crippen LogP contribution in [0.4, 0.5) is 0 Å². The summed E-state index contributed by atoms with van der Waals surface area (Å²) in [7, 11) is 0. The number of halogens is 1. The van der Waals surface area contributed by atoms with E-state index in [4.69, 9.17) is 0 Å². The molecule has 1 aliphatic carbocycles. The van der Waals surface area contributed by atoms with Gasteiger partial charge in [-0.3, -0.25) is 0 Å². The molecule has 0 aromatic carbocycles. The van der Waals surface area contributed by atoms with Gasteiger partial charge < -0.3 is 5.11 Å². The van der Waals surface area contributed by atoms with E-state index in [0.29, 0.717) is 5.92 Å². The third-order valence-corrected chi connectivity index (χ3v) is 4.67. The lowest BCUT2D eigenvalue weighted by Crippen LogP contribution is -2.27. The predicted octanol–water partition coefficient (Wildman–Crippen LogP) is 4.52. The molecule has 1 fully saturated rings. The fourth-order valence-corrected chi connectivity index (χ4v) is 3.48. The monoisotopic (exact) mass is 290 g/mol. The lowest BCUT2D eigenvalue weighted by atomic mass is 9.79. The Bertz CT molecular complexity index is 164. The van der Waals surface area contributed by atoms with Crippen LogP contribution < -0.4 is 0 Å². The number of rotatable bonds is 6. The minimum Gasteiger partial charge on any atom is -0.393 e. The van der Waals surface area contributed by atoms with Crippen LogP contribution in [0.15, 0.2) is 0 Å². The molecule has 2 atom stereocenters. The van der Waals surface area contributed by atoms with Crippen LogP contribution in [0.25, 0.3) is 0 Å². The van der Waals surface area contributed by atoms with Gasteiger partial charge in [0.2, 0.25) is 0 Å². The van der Waals surface area contributed by atoms with Crippen LogP contribution in [-0.4, -0.2) is 16.5 Å². The van der Waals surface area contributed by atoms with Crippen LogP contribution in [0, 0.1) is 11.8 Å². The molecule has 96 valence electrons. The summed E-state index contributed by atoms with van der Waals surface area (Å²) in [6, 6.07) is 0. The van der Waals surface area contributed by atoms with Crippen molar-refractivity contribution in [2.75, 3.05) is 5.33 Å². The summed E-state index contributed by atoms with van der Waals surface area (Å²) in [6.07, 6.45) is 11.4. The largest absolute Gasteiger partial charge is 0.393 e. The van der Waals surface area contributed by atoms with E-state index in [1.165, 1.54) is 38.5 Å². The highest BCUT2D eigenvalue weighted by molar-refractivity contribution is 9.09. The number of aliphatic hydroxyl groups excluding tert-OH is 1. The highest BCUT2D eigenvalue weighted by Gasteiger charge is 2.26. The molecular formula is C14H27BrO. The highest BCUT2D eigenvalue weighted by atomic mass is 79.9. The molecule has 1 saturated carbocycles. The Morgan fingerprint density at radius 2 is 1.81 bits per heavy atom. The fourth-order valence-electron chi connectivity index (χ4n) is 3.16. The standard InChI is InChI=1S/C14H27BrO/c1-2-13(14(16)10-7-11-15)12-8-5-3-4-6-9-12/h12-14,16H,2-11H2,1H3. The van der Waals surface area contributed by atoms with Gasteiger partial charge in [-0.1, -0.05) is 67.8 Å². The third-order valence-electron chi connectivity index (χ3n) is 4.10. The Kier molecular flexibility index (Phi) is 7.72. The average molecular weight is 291 g/mol. The quantitative estimate of drug-likeness (QED) is 0.563. The van der Waals surface area contributed by atoms with E-state index in [1.54, 1.807) is 0 Å². The number of hydrogen-bond acceptors (Lipinski definition) is 1. The smallest absolute Gasteiger partial charge is 0.0571 e. The molecule has 1 aliphatic rings. The van der Waals surface area contributed by atoms with Gasteiger partial charge in [-0.15, -0.1) is 0 Å². The van der Waals surface area contributed by atoms with Crippen LogP contribution >= 0.6 is 15.9 Å². The van der Waals surface area contributed by atoms with Gasteiger partial charge in [0.1, 0.15) is 0 Å². The molecule has 1 nitrogen and oxygen atoms in total. The van der Waals surface area contributed by atoms with Crippen molar-refractivity contribution in [3.63, 3.8) is 0 Å². The van der Waals surface area contributed by atoms with Crippen molar-refractivity contribution in [3.05, 3.63) is 0 Å². The lowest BCUT2D eigenvalue weighted by Gasteiger charge is -2.29. The normalized spacial score (nSPS) is 22.7. The predicted molar refractivity (Wildman–Crippen MR) is 74.0 cm³/mol. The summed E-state index contributed by atoms with van der Waals surface area (Å²) in [5.74, 6) is 1.34. The van der Waals surface area contributed by atoms with E-state index < -0.39 is 0 Å². The van der Waals surface area contributed by atoms with Crippen molar-refractivity contribution >= 4 is 15.9 Å². The van der Waals surface area contributed by atoms with Gasteiger partial charge >= 0.3 is 0 Å². The summed E-state index contributed by atoms with van der Waals surface area (Å²) in [6.45, 7) is 2.24. The molecule has 0 aromatic heterocycles. The molecule has 0 spiro atoms. The zero-order valence-electron chi connectivity index (χ0n) is 10.6. The Morgan fingerprint density at radius 3 is 2.31 bits per heavy atom. The molecule has 0 radical (unpaired) electrons. The second kappa shape index (κ2) is 8.52. The van der Waals surface area contributed by atoms with Crippen LogP contribution in [0.5, 0.6) is 0 Å². The van der Waals surface area contributed by atoms with Gasteiger partial charge in [-0.25, -0.2) is 0 Å². The first kappa shape index (κ1) is 14.5. The van der Waals surface area contributed by atoms with Crippen LogP contribution in [0.1, 0.15) is 64.7 Å². The Morgan fingerprint density at radius 1 is 1.19 bits per heavy atom. The molecule has 0 aliphatic heterocycles. The van der Waals surface area contributed by atoms with Gasteiger partial charge in [-0.2, -0.15) is 0 Å². The zero-order valence-corrected chi connectivity index (χ0v) is 12.2. The van der Waals surface area contributed by atoms with E-state index in [9.17, 15) is 5.11 Å². The minimum absolute atomic E-state index is 0.0642. The van der Waals surface area contributed by atoms with E-state index in [2.05, 4.69) is 22.9 Å². The first-order valence-corrected chi connectivity index (χ1v) is 8.15. The highest BCUT2D eigenvalue weighted by Crippen LogP contribution is 2.33. The number of alkyl halides is 1. The van der Waals surface area contributed by atoms with Crippen LogP contribution in [-0.2, 0) is 0 Å². The van der Waals surface area contributed by atoms with Crippen LogP contribution in [0.2, 0.25) is 0 Å². The van der Waals surface area contributed by atoms with Gasteiger partial charge in [0.05, 0.1) is 6.10 Å². The van der Waals surface area contributed by atoms with E-state index in [0.717, 1.165) is 30.5 Å². The Balaban J connectivity index is 2.43. The molecule has 1 N–H and O–H groups in total. The average Bonchev–Trinajstić information content (AvgIpc) is 2.56. The molecule has 0 saturated heterocycles. The summed E-state index contributed by atoms with van der Waals surface area (Å²) < 4.78 is 0. The van der Waals surface area contributed by atoms with E-state index in [1.807, 2.05) is 0 Å². The molecule has 1 rings (SSSR count). The topological polar surface area (TPSA) is 20.2 Å². The summed E-state index contributed by atoms with van der Waals surface area (Å²) in [5.41, 5.74) is 0. The third kappa shape index (κ3) is 4.75. The van der Waals surface area contributed by atoms with Crippen molar-refractivity contribution < 1.29 is 5.11 Å². The zero-order chi connectivity index (χ0) is 11.8. The first-order valence-electron chi connectivity index (χ1n) is 7.03. The molecular weight excluding hydrogens is 264 g/mol. The summed E-state index contributed by atoms with van der Waals surface area (Å²) in [4.78, 5) is 0. The van der Waals surface area contributed by atoms with E-state index in [-0.39, 0.29) is 6.10 Å². The molecule has 0 bridgehead atoms. The second-order valence-corrected chi connectivity index (χ2v) is 6.02. The fraction of sp³-hybridized carbons (Fsp3) is 1.00. The maximum absolute atomic E-state index is 10.3. The maximum Gasteiger partial charge on any atom is 0.0571 e. The summed E-state index contributed by atoms with van der Waals surface area (Å²) in [5, 5.41) is 11.3. The van der Waals surface area contributed by atoms with Crippen molar-refractivity contribution in [2.24, 2.45) is 11.8 Å². The summed E-state index contributed by atoms with van der Waals surface area (Å²) >= 11 is 3.45. The maximum atomic E-state index is 10.3. The first-order chi connectivity index (χ1) is 7.79. The SMILES string of the molecule is CCC(C(O)CCCBr)C1CCCCCC1. The molecule has 0 heterocycles. The van der Waals surface area contributed by atoms with Gasteiger partial charge in [0.15, 0.2) is 0 Å². The van der Waals surface area contributed by atoms with E-state index >= 15 is 0 Å². The van der Waals surface area contributed by atoms with Gasteiger partial charge in [0, 0.05) is 5.33 Å². The van der Waals surface area contributed by atoms with Crippen molar-refractivity contribution in [3.8, 4) is 0 Å². The molecule has 2 unspecified atom stereocenters. The van der Waals surface area contributed by atoms with Crippen LogP contribution in [0.3, 0.4) is 0 Å².